The molecule has 1 aliphatic carbocycles. The Morgan fingerprint density at radius 1 is 1.32 bits per heavy atom. The number of carbonyl (C=O) groups excluding carboxylic acids is 2. The molecule has 22 heavy (non-hydrogen) atoms. The maximum Gasteiger partial charge on any atom is 0.235 e. The van der Waals surface area contributed by atoms with Gasteiger partial charge in [0.2, 0.25) is 11.8 Å². The van der Waals surface area contributed by atoms with Gasteiger partial charge in [0.25, 0.3) is 0 Å². The maximum absolute atomic E-state index is 12.4. The molecule has 1 aliphatic rings. The minimum absolute atomic E-state index is 0.0190. The summed E-state index contributed by atoms with van der Waals surface area (Å²) < 4.78 is 5.51. The van der Waals surface area contributed by atoms with E-state index >= 15 is 0 Å². The number of likely N-dealkylation sites (N-methyl/N-ethyl adjacent to an activating group) is 1. The zero-order chi connectivity index (χ0) is 16.2. The lowest BCUT2D eigenvalue weighted by atomic mass is 10.0. The van der Waals surface area contributed by atoms with Crippen LogP contribution in [0.4, 0.5) is 0 Å². The smallest absolute Gasteiger partial charge is 0.235 e. The summed E-state index contributed by atoms with van der Waals surface area (Å²) in [5.74, 6) is 0.451. The standard InChI is InChI=1S/C16H25N3O3/c1-4-19(5-2)12(13-7-6-10-22-13)11-18-15(21)16(8-9-16)14(20)17-3/h6-7,10,12H,4-5,8-9,11H2,1-3H3,(H,17,20)(H,18,21)/t12-/m0/s1. The zero-order valence-electron chi connectivity index (χ0n) is 13.5. The summed E-state index contributed by atoms with van der Waals surface area (Å²) in [7, 11) is 1.57. The third kappa shape index (κ3) is 3.16. The van der Waals surface area contributed by atoms with Gasteiger partial charge in [0.1, 0.15) is 11.2 Å². The van der Waals surface area contributed by atoms with E-state index < -0.39 is 5.41 Å². The average Bonchev–Trinajstić information content (AvgIpc) is 3.18. The van der Waals surface area contributed by atoms with Crippen molar-refractivity contribution in [2.45, 2.75) is 32.7 Å². The van der Waals surface area contributed by atoms with E-state index in [2.05, 4.69) is 29.4 Å². The highest BCUT2D eigenvalue weighted by Gasteiger charge is 2.56. The van der Waals surface area contributed by atoms with Gasteiger partial charge in [-0.15, -0.1) is 0 Å². The molecular formula is C16H25N3O3. The van der Waals surface area contributed by atoms with Crippen molar-refractivity contribution in [1.29, 1.82) is 0 Å². The topological polar surface area (TPSA) is 74.6 Å². The molecule has 0 saturated heterocycles. The number of furan rings is 1. The van der Waals surface area contributed by atoms with E-state index in [0.717, 1.165) is 18.8 Å². The van der Waals surface area contributed by atoms with Gasteiger partial charge in [0, 0.05) is 13.6 Å². The number of rotatable bonds is 8. The van der Waals surface area contributed by atoms with E-state index in [0.29, 0.717) is 19.4 Å². The minimum Gasteiger partial charge on any atom is -0.468 e. The van der Waals surface area contributed by atoms with E-state index in [1.54, 1.807) is 13.3 Å². The Labute approximate surface area is 131 Å². The predicted molar refractivity (Wildman–Crippen MR) is 83.1 cm³/mol. The van der Waals surface area contributed by atoms with Gasteiger partial charge in [0.15, 0.2) is 0 Å². The fraction of sp³-hybridized carbons (Fsp3) is 0.625. The molecular weight excluding hydrogens is 282 g/mol. The van der Waals surface area contributed by atoms with Gasteiger partial charge in [-0.1, -0.05) is 13.8 Å². The Balaban J connectivity index is 2.03. The van der Waals surface area contributed by atoms with E-state index in [4.69, 9.17) is 4.42 Å². The first-order chi connectivity index (χ1) is 10.6. The van der Waals surface area contributed by atoms with Crippen LogP contribution in [0.25, 0.3) is 0 Å². The summed E-state index contributed by atoms with van der Waals surface area (Å²) in [6, 6.07) is 3.75. The highest BCUT2D eigenvalue weighted by Crippen LogP contribution is 2.46. The van der Waals surface area contributed by atoms with Crippen LogP contribution in [0.2, 0.25) is 0 Å². The lowest BCUT2D eigenvalue weighted by molar-refractivity contribution is -0.137. The van der Waals surface area contributed by atoms with Gasteiger partial charge >= 0.3 is 0 Å². The number of hydrogen-bond acceptors (Lipinski definition) is 4. The molecule has 0 bridgehead atoms. The first kappa shape index (κ1) is 16.5. The lowest BCUT2D eigenvalue weighted by Crippen LogP contribution is -2.45. The Bertz CT molecular complexity index is 505. The van der Waals surface area contributed by atoms with Crippen LogP contribution < -0.4 is 10.6 Å². The number of carbonyl (C=O) groups is 2. The van der Waals surface area contributed by atoms with Crippen molar-refractivity contribution >= 4 is 11.8 Å². The van der Waals surface area contributed by atoms with Crippen LogP contribution in [-0.2, 0) is 9.59 Å². The van der Waals surface area contributed by atoms with Crippen molar-refractivity contribution in [2.75, 3.05) is 26.7 Å². The van der Waals surface area contributed by atoms with Crippen molar-refractivity contribution in [3.05, 3.63) is 24.2 Å². The monoisotopic (exact) mass is 307 g/mol. The molecule has 0 radical (unpaired) electrons. The second-order valence-electron chi connectivity index (χ2n) is 5.62. The Kier molecular flexibility index (Phi) is 5.24. The molecule has 0 unspecified atom stereocenters. The molecule has 1 atom stereocenters. The fourth-order valence-electron chi connectivity index (χ4n) is 2.83. The molecule has 2 rings (SSSR count). The van der Waals surface area contributed by atoms with Crippen LogP contribution >= 0.6 is 0 Å². The third-order valence-electron chi connectivity index (χ3n) is 4.43. The molecule has 1 aromatic rings. The highest BCUT2D eigenvalue weighted by atomic mass is 16.3. The average molecular weight is 307 g/mol. The van der Waals surface area contributed by atoms with Gasteiger partial charge in [-0.05, 0) is 38.1 Å². The van der Waals surface area contributed by atoms with Crippen LogP contribution in [0.3, 0.4) is 0 Å². The SMILES string of the molecule is CCN(CC)[C@@H](CNC(=O)C1(C(=O)NC)CC1)c1ccco1. The first-order valence-electron chi connectivity index (χ1n) is 7.87. The van der Waals surface area contributed by atoms with Crippen molar-refractivity contribution < 1.29 is 14.0 Å². The second kappa shape index (κ2) is 6.96. The summed E-state index contributed by atoms with van der Waals surface area (Å²) in [5.41, 5.74) is -0.855. The van der Waals surface area contributed by atoms with Crippen LogP contribution in [0.1, 0.15) is 38.5 Å². The van der Waals surface area contributed by atoms with E-state index in [9.17, 15) is 9.59 Å². The predicted octanol–water partition coefficient (Wildman–Crippen LogP) is 1.30. The maximum atomic E-state index is 12.4. The molecule has 1 fully saturated rings. The Hall–Kier alpha value is -1.82. The molecule has 122 valence electrons. The number of nitrogens with zero attached hydrogens (tertiary/aromatic N) is 1. The molecule has 2 amide bonds. The van der Waals surface area contributed by atoms with Gasteiger partial charge in [-0.3, -0.25) is 14.5 Å². The van der Waals surface area contributed by atoms with E-state index in [-0.39, 0.29) is 17.9 Å². The minimum atomic E-state index is -0.855. The molecule has 1 saturated carbocycles. The normalized spacial score (nSPS) is 17.1. The largest absolute Gasteiger partial charge is 0.468 e. The highest BCUT2D eigenvalue weighted by molar-refractivity contribution is 6.07. The second-order valence-corrected chi connectivity index (χ2v) is 5.62. The molecule has 1 aromatic heterocycles. The van der Waals surface area contributed by atoms with Crippen molar-refractivity contribution in [1.82, 2.24) is 15.5 Å². The number of nitrogens with one attached hydrogen (secondary N) is 2. The Morgan fingerprint density at radius 2 is 2.00 bits per heavy atom. The van der Waals surface area contributed by atoms with Crippen LogP contribution in [0.15, 0.2) is 22.8 Å². The van der Waals surface area contributed by atoms with Crippen molar-refractivity contribution in [2.24, 2.45) is 5.41 Å². The summed E-state index contributed by atoms with van der Waals surface area (Å²) in [4.78, 5) is 26.5. The molecule has 1 heterocycles. The van der Waals surface area contributed by atoms with Crippen molar-refractivity contribution in [3.8, 4) is 0 Å². The summed E-state index contributed by atoms with van der Waals surface area (Å²) in [6.07, 6.45) is 2.88. The van der Waals surface area contributed by atoms with E-state index in [1.807, 2.05) is 12.1 Å². The van der Waals surface area contributed by atoms with Gasteiger partial charge in [0.05, 0.1) is 12.3 Å². The molecule has 6 heteroatoms. The van der Waals surface area contributed by atoms with Crippen molar-refractivity contribution in [3.63, 3.8) is 0 Å². The van der Waals surface area contributed by atoms with Gasteiger partial charge in [-0.25, -0.2) is 0 Å². The molecule has 0 aromatic carbocycles. The number of amides is 2. The zero-order valence-corrected chi connectivity index (χ0v) is 13.5. The first-order valence-corrected chi connectivity index (χ1v) is 7.87. The molecule has 0 spiro atoms. The molecule has 0 aliphatic heterocycles. The fourth-order valence-corrected chi connectivity index (χ4v) is 2.83. The summed E-state index contributed by atoms with van der Waals surface area (Å²) >= 11 is 0. The van der Waals surface area contributed by atoms with Crippen LogP contribution in [0, 0.1) is 5.41 Å². The number of hydrogen-bond donors (Lipinski definition) is 2. The van der Waals surface area contributed by atoms with E-state index in [1.165, 1.54) is 0 Å². The summed E-state index contributed by atoms with van der Waals surface area (Å²) in [6.45, 7) is 6.31. The summed E-state index contributed by atoms with van der Waals surface area (Å²) in [5, 5.41) is 5.52. The van der Waals surface area contributed by atoms with Gasteiger partial charge in [-0.2, -0.15) is 0 Å². The lowest BCUT2D eigenvalue weighted by Gasteiger charge is -2.28. The Morgan fingerprint density at radius 3 is 2.45 bits per heavy atom. The molecule has 2 N–H and O–H groups in total. The van der Waals surface area contributed by atoms with Crippen LogP contribution in [-0.4, -0.2) is 43.4 Å². The van der Waals surface area contributed by atoms with Gasteiger partial charge < -0.3 is 15.1 Å². The molecule has 6 nitrogen and oxygen atoms in total. The third-order valence-corrected chi connectivity index (χ3v) is 4.43. The van der Waals surface area contributed by atoms with Crippen LogP contribution in [0.5, 0.6) is 0 Å². The quantitative estimate of drug-likeness (QED) is 0.710.